The molecule has 1 aliphatic rings. The van der Waals surface area contributed by atoms with Crippen LogP contribution in [0, 0.1) is 0 Å². The minimum atomic E-state index is -1.50. The SMILES string of the molecule is C[Si](C)(c1ccccc1)[C@H]1C=CC(=O)C1. The van der Waals surface area contributed by atoms with Crippen LogP contribution >= 0.6 is 0 Å². The van der Waals surface area contributed by atoms with Crippen LogP contribution in [0.25, 0.3) is 0 Å². The second kappa shape index (κ2) is 3.78. The lowest BCUT2D eigenvalue weighted by Crippen LogP contribution is -2.45. The molecule has 78 valence electrons. The van der Waals surface area contributed by atoms with E-state index in [9.17, 15) is 4.79 Å². The molecule has 1 aromatic rings. The lowest BCUT2D eigenvalue weighted by Gasteiger charge is -2.28. The van der Waals surface area contributed by atoms with Gasteiger partial charge in [0.1, 0.15) is 0 Å². The summed E-state index contributed by atoms with van der Waals surface area (Å²) >= 11 is 0. The van der Waals surface area contributed by atoms with E-state index >= 15 is 0 Å². The standard InChI is InChI=1S/C13H16OSi/c1-15(2,12-6-4-3-5-7-12)13-9-8-11(14)10-13/h3-9,13H,10H2,1-2H3/t13-/m0/s1. The van der Waals surface area contributed by atoms with Crippen molar-refractivity contribution in [2.45, 2.75) is 25.1 Å². The molecule has 0 unspecified atom stereocenters. The number of benzene rings is 1. The number of allylic oxidation sites excluding steroid dienone is 2. The van der Waals surface area contributed by atoms with Gasteiger partial charge in [0.15, 0.2) is 5.78 Å². The van der Waals surface area contributed by atoms with Gasteiger partial charge in [-0.05, 0) is 11.6 Å². The molecular formula is C13H16OSi. The summed E-state index contributed by atoms with van der Waals surface area (Å²) in [6.45, 7) is 4.69. The molecule has 15 heavy (non-hydrogen) atoms. The lowest BCUT2D eigenvalue weighted by atomic mass is 10.3. The molecule has 0 saturated heterocycles. The van der Waals surface area contributed by atoms with Gasteiger partial charge < -0.3 is 0 Å². The predicted octanol–water partition coefficient (Wildman–Crippen LogP) is 2.50. The Morgan fingerprint density at radius 2 is 1.87 bits per heavy atom. The molecular weight excluding hydrogens is 200 g/mol. The molecule has 1 nitrogen and oxygen atoms in total. The molecule has 2 heteroatoms. The van der Waals surface area contributed by atoms with E-state index in [-0.39, 0.29) is 5.78 Å². The maximum Gasteiger partial charge on any atom is 0.155 e. The maximum absolute atomic E-state index is 11.3. The molecule has 0 amide bonds. The molecule has 0 aromatic heterocycles. The number of ketones is 1. The van der Waals surface area contributed by atoms with Crippen molar-refractivity contribution in [2.24, 2.45) is 0 Å². The van der Waals surface area contributed by atoms with Crippen LogP contribution in [0.15, 0.2) is 42.5 Å². The van der Waals surface area contributed by atoms with E-state index in [1.165, 1.54) is 5.19 Å². The average Bonchev–Trinajstić information content (AvgIpc) is 2.67. The molecule has 1 aromatic carbocycles. The fourth-order valence-electron chi connectivity index (χ4n) is 2.15. The molecule has 0 spiro atoms. The van der Waals surface area contributed by atoms with Gasteiger partial charge >= 0.3 is 0 Å². The van der Waals surface area contributed by atoms with Crippen molar-refractivity contribution in [3.63, 3.8) is 0 Å². The number of carbonyl (C=O) groups excluding carboxylic acids is 1. The Balaban J connectivity index is 2.28. The smallest absolute Gasteiger partial charge is 0.155 e. The van der Waals surface area contributed by atoms with Crippen molar-refractivity contribution in [3.8, 4) is 0 Å². The molecule has 0 heterocycles. The Morgan fingerprint density at radius 1 is 1.20 bits per heavy atom. The van der Waals surface area contributed by atoms with Gasteiger partial charge in [0.05, 0.1) is 8.07 Å². The van der Waals surface area contributed by atoms with E-state index in [2.05, 4.69) is 43.4 Å². The number of hydrogen-bond donors (Lipinski definition) is 0. The Kier molecular flexibility index (Phi) is 2.61. The third kappa shape index (κ3) is 1.95. The highest BCUT2D eigenvalue weighted by molar-refractivity contribution is 6.91. The largest absolute Gasteiger partial charge is 0.295 e. The third-order valence-electron chi connectivity index (χ3n) is 3.38. The summed E-state index contributed by atoms with van der Waals surface area (Å²) in [6, 6.07) is 10.6. The first-order valence-corrected chi connectivity index (χ1v) is 8.45. The van der Waals surface area contributed by atoms with E-state index in [0.29, 0.717) is 12.0 Å². The second-order valence-electron chi connectivity index (χ2n) is 4.72. The fraction of sp³-hybridized carbons (Fsp3) is 0.308. The van der Waals surface area contributed by atoms with Crippen molar-refractivity contribution in [1.82, 2.24) is 0 Å². The van der Waals surface area contributed by atoms with Crippen LogP contribution in [0.1, 0.15) is 6.42 Å². The Hall–Kier alpha value is -1.15. The maximum atomic E-state index is 11.3. The highest BCUT2D eigenvalue weighted by Crippen LogP contribution is 2.31. The summed E-state index contributed by atoms with van der Waals surface area (Å²) in [6.07, 6.45) is 4.58. The first-order chi connectivity index (χ1) is 7.10. The normalized spacial score (nSPS) is 20.9. The zero-order chi connectivity index (χ0) is 10.9. The van der Waals surface area contributed by atoms with Gasteiger partial charge in [-0.15, -0.1) is 0 Å². The molecule has 0 bridgehead atoms. The molecule has 2 rings (SSSR count). The minimum absolute atomic E-state index is 0.288. The number of carbonyl (C=O) groups is 1. The molecule has 1 aliphatic carbocycles. The molecule has 0 fully saturated rings. The number of hydrogen-bond acceptors (Lipinski definition) is 1. The summed E-state index contributed by atoms with van der Waals surface area (Å²) in [5.74, 6) is 0.288. The van der Waals surface area contributed by atoms with Crippen LogP contribution in [-0.4, -0.2) is 13.9 Å². The van der Waals surface area contributed by atoms with Gasteiger partial charge in [-0.25, -0.2) is 0 Å². The zero-order valence-electron chi connectivity index (χ0n) is 9.23. The second-order valence-corrected chi connectivity index (χ2v) is 9.49. The van der Waals surface area contributed by atoms with Crippen molar-refractivity contribution >= 4 is 19.0 Å². The highest BCUT2D eigenvalue weighted by Gasteiger charge is 2.35. The fourth-order valence-corrected chi connectivity index (χ4v) is 4.92. The molecule has 0 aliphatic heterocycles. The molecule has 0 saturated carbocycles. The van der Waals surface area contributed by atoms with E-state index in [4.69, 9.17) is 0 Å². The summed E-state index contributed by atoms with van der Waals surface area (Å²) < 4.78 is 0. The topological polar surface area (TPSA) is 17.1 Å². The predicted molar refractivity (Wildman–Crippen MR) is 66.1 cm³/mol. The summed E-state index contributed by atoms with van der Waals surface area (Å²) in [4.78, 5) is 11.3. The van der Waals surface area contributed by atoms with Gasteiger partial charge in [-0.2, -0.15) is 0 Å². The van der Waals surface area contributed by atoms with Crippen molar-refractivity contribution in [3.05, 3.63) is 42.5 Å². The van der Waals surface area contributed by atoms with E-state index in [1.807, 2.05) is 6.07 Å². The first-order valence-electron chi connectivity index (χ1n) is 5.37. The van der Waals surface area contributed by atoms with E-state index < -0.39 is 8.07 Å². The van der Waals surface area contributed by atoms with E-state index in [0.717, 1.165) is 0 Å². The monoisotopic (exact) mass is 216 g/mol. The third-order valence-corrected chi connectivity index (χ3v) is 7.45. The van der Waals surface area contributed by atoms with Gasteiger partial charge in [0, 0.05) is 6.42 Å². The van der Waals surface area contributed by atoms with Crippen molar-refractivity contribution < 1.29 is 4.79 Å². The van der Waals surface area contributed by atoms with Crippen LogP contribution in [0.4, 0.5) is 0 Å². The Morgan fingerprint density at radius 3 is 2.40 bits per heavy atom. The average molecular weight is 216 g/mol. The summed E-state index contributed by atoms with van der Waals surface area (Å²) in [5.41, 5.74) is 0.479. The van der Waals surface area contributed by atoms with Gasteiger partial charge in [-0.1, -0.05) is 54.7 Å². The molecule has 1 atom stereocenters. The quantitative estimate of drug-likeness (QED) is 0.694. The van der Waals surface area contributed by atoms with E-state index in [1.54, 1.807) is 6.08 Å². The molecule has 0 radical (unpaired) electrons. The lowest BCUT2D eigenvalue weighted by molar-refractivity contribution is -0.114. The van der Waals surface area contributed by atoms with Crippen molar-refractivity contribution in [1.29, 1.82) is 0 Å². The number of rotatable bonds is 2. The van der Waals surface area contributed by atoms with Crippen LogP contribution in [0.2, 0.25) is 18.6 Å². The summed E-state index contributed by atoms with van der Waals surface area (Å²) in [5, 5.41) is 1.44. The van der Waals surface area contributed by atoms with Crippen LogP contribution in [0.5, 0.6) is 0 Å². The highest BCUT2D eigenvalue weighted by atomic mass is 28.3. The van der Waals surface area contributed by atoms with Crippen LogP contribution in [-0.2, 0) is 4.79 Å². The Labute approximate surface area is 91.8 Å². The minimum Gasteiger partial charge on any atom is -0.295 e. The molecule has 0 N–H and O–H groups in total. The van der Waals surface area contributed by atoms with Crippen LogP contribution in [0.3, 0.4) is 0 Å². The zero-order valence-corrected chi connectivity index (χ0v) is 10.2. The van der Waals surface area contributed by atoms with Gasteiger partial charge in [-0.3, -0.25) is 4.79 Å². The Bertz CT molecular complexity index is 392. The summed E-state index contributed by atoms with van der Waals surface area (Å²) in [7, 11) is -1.50. The first kappa shape index (κ1) is 10.4. The van der Waals surface area contributed by atoms with Crippen LogP contribution < -0.4 is 5.19 Å². The van der Waals surface area contributed by atoms with Gasteiger partial charge in [0.25, 0.3) is 0 Å². The van der Waals surface area contributed by atoms with Gasteiger partial charge in [0.2, 0.25) is 0 Å². The van der Waals surface area contributed by atoms with Crippen molar-refractivity contribution in [2.75, 3.05) is 0 Å².